The highest BCUT2D eigenvalue weighted by atomic mass is 35.5. The average molecular weight is 260 g/mol. The zero-order chi connectivity index (χ0) is 13.1. The van der Waals surface area contributed by atoms with Crippen molar-refractivity contribution in [2.24, 2.45) is 0 Å². The van der Waals surface area contributed by atoms with Gasteiger partial charge in [0.1, 0.15) is 0 Å². The highest BCUT2D eigenvalue weighted by Crippen LogP contribution is 2.27. The molecule has 1 unspecified atom stereocenters. The van der Waals surface area contributed by atoms with E-state index >= 15 is 0 Å². The topological polar surface area (TPSA) is 12.0 Å². The Kier molecular flexibility index (Phi) is 3.93. The lowest BCUT2D eigenvalue weighted by molar-refractivity contribution is 0.872. The van der Waals surface area contributed by atoms with Crippen LogP contribution in [0.4, 0.5) is 5.69 Å². The number of nitrogens with one attached hydrogen (secondary N) is 1. The molecule has 0 aliphatic heterocycles. The predicted molar refractivity (Wildman–Crippen MR) is 79.4 cm³/mol. The maximum absolute atomic E-state index is 6.13. The van der Waals surface area contributed by atoms with Gasteiger partial charge < -0.3 is 5.32 Å². The summed E-state index contributed by atoms with van der Waals surface area (Å²) in [6, 6.07) is 14.7. The molecule has 18 heavy (non-hydrogen) atoms. The first-order valence-corrected chi connectivity index (χ1v) is 6.54. The van der Waals surface area contributed by atoms with Gasteiger partial charge in [0.2, 0.25) is 0 Å². The van der Waals surface area contributed by atoms with Crippen molar-refractivity contribution in [3.8, 4) is 0 Å². The Morgan fingerprint density at radius 2 is 1.72 bits per heavy atom. The van der Waals surface area contributed by atoms with Gasteiger partial charge in [0, 0.05) is 16.8 Å². The molecular formula is C16H18ClN. The molecule has 0 aromatic heterocycles. The molecule has 2 rings (SSSR count). The van der Waals surface area contributed by atoms with E-state index in [0.717, 1.165) is 16.3 Å². The van der Waals surface area contributed by atoms with Crippen molar-refractivity contribution in [2.45, 2.75) is 26.8 Å². The molecule has 0 radical (unpaired) electrons. The average Bonchev–Trinajstić information content (AvgIpc) is 2.35. The van der Waals surface area contributed by atoms with Gasteiger partial charge in [-0.3, -0.25) is 0 Å². The Morgan fingerprint density at radius 3 is 2.44 bits per heavy atom. The Hall–Kier alpha value is -1.47. The molecule has 0 saturated heterocycles. The summed E-state index contributed by atoms with van der Waals surface area (Å²) in [5, 5.41) is 4.33. The lowest BCUT2D eigenvalue weighted by atomic mass is 10.0. The van der Waals surface area contributed by atoms with Crippen molar-refractivity contribution in [1.29, 1.82) is 0 Å². The summed E-state index contributed by atoms with van der Waals surface area (Å²) in [6.45, 7) is 6.34. The summed E-state index contributed by atoms with van der Waals surface area (Å²) in [5.41, 5.74) is 4.81. The van der Waals surface area contributed by atoms with E-state index in [9.17, 15) is 0 Å². The van der Waals surface area contributed by atoms with E-state index < -0.39 is 0 Å². The summed E-state index contributed by atoms with van der Waals surface area (Å²) >= 11 is 6.13. The quantitative estimate of drug-likeness (QED) is 0.806. The number of rotatable bonds is 3. The molecule has 0 amide bonds. The van der Waals surface area contributed by atoms with Crippen LogP contribution in [0.3, 0.4) is 0 Å². The molecule has 0 fully saturated rings. The minimum absolute atomic E-state index is 0.267. The number of hydrogen-bond acceptors (Lipinski definition) is 1. The zero-order valence-corrected chi connectivity index (χ0v) is 11.8. The Balaban J connectivity index is 2.24. The van der Waals surface area contributed by atoms with Crippen LogP contribution in [0.2, 0.25) is 5.02 Å². The van der Waals surface area contributed by atoms with E-state index in [2.05, 4.69) is 49.5 Å². The zero-order valence-electron chi connectivity index (χ0n) is 11.0. The van der Waals surface area contributed by atoms with Gasteiger partial charge in [-0.2, -0.15) is 0 Å². The molecule has 2 aromatic rings. The van der Waals surface area contributed by atoms with Gasteiger partial charge >= 0.3 is 0 Å². The summed E-state index contributed by atoms with van der Waals surface area (Å²) < 4.78 is 0. The van der Waals surface area contributed by atoms with E-state index in [1.807, 2.05) is 19.1 Å². The molecule has 2 aromatic carbocycles. The minimum atomic E-state index is 0.267. The normalized spacial score (nSPS) is 12.2. The van der Waals surface area contributed by atoms with Crippen molar-refractivity contribution in [1.82, 2.24) is 0 Å². The van der Waals surface area contributed by atoms with Gasteiger partial charge in [-0.05, 0) is 49.6 Å². The van der Waals surface area contributed by atoms with Crippen molar-refractivity contribution < 1.29 is 0 Å². The largest absolute Gasteiger partial charge is 0.378 e. The summed E-state index contributed by atoms with van der Waals surface area (Å²) in [6.07, 6.45) is 0. The van der Waals surface area contributed by atoms with Gasteiger partial charge in [0.05, 0.1) is 0 Å². The summed E-state index contributed by atoms with van der Waals surface area (Å²) in [7, 11) is 0. The standard InChI is InChI=1S/C16H18ClN/c1-11-7-4-5-8-14(11)13(3)18-16-10-6-9-15(17)12(16)2/h4-10,13,18H,1-3H3. The second kappa shape index (κ2) is 5.45. The van der Waals surface area contributed by atoms with E-state index in [4.69, 9.17) is 11.6 Å². The minimum Gasteiger partial charge on any atom is -0.378 e. The van der Waals surface area contributed by atoms with E-state index in [-0.39, 0.29) is 6.04 Å². The third-order valence-corrected chi connectivity index (χ3v) is 3.70. The van der Waals surface area contributed by atoms with Crippen LogP contribution in [0.5, 0.6) is 0 Å². The molecule has 0 saturated carbocycles. The van der Waals surface area contributed by atoms with Crippen LogP contribution >= 0.6 is 11.6 Å². The third kappa shape index (κ3) is 2.68. The lowest BCUT2D eigenvalue weighted by Gasteiger charge is -2.19. The van der Waals surface area contributed by atoms with Crippen LogP contribution in [0, 0.1) is 13.8 Å². The Bertz CT molecular complexity index is 549. The molecule has 0 aliphatic carbocycles. The van der Waals surface area contributed by atoms with Crippen LogP contribution in [-0.4, -0.2) is 0 Å². The van der Waals surface area contributed by atoms with Crippen LogP contribution in [0.1, 0.15) is 29.7 Å². The molecular weight excluding hydrogens is 242 g/mol. The SMILES string of the molecule is Cc1ccccc1C(C)Nc1cccc(Cl)c1C. The van der Waals surface area contributed by atoms with Gasteiger partial charge in [0.15, 0.2) is 0 Å². The number of anilines is 1. The smallest absolute Gasteiger partial charge is 0.0488 e. The van der Waals surface area contributed by atoms with Gasteiger partial charge in [-0.15, -0.1) is 0 Å². The fourth-order valence-corrected chi connectivity index (χ4v) is 2.32. The number of benzene rings is 2. The highest BCUT2D eigenvalue weighted by molar-refractivity contribution is 6.31. The Morgan fingerprint density at radius 1 is 1.00 bits per heavy atom. The van der Waals surface area contributed by atoms with Crippen LogP contribution in [0.25, 0.3) is 0 Å². The van der Waals surface area contributed by atoms with Crippen LogP contribution in [-0.2, 0) is 0 Å². The van der Waals surface area contributed by atoms with Gasteiger partial charge in [-0.25, -0.2) is 0 Å². The lowest BCUT2D eigenvalue weighted by Crippen LogP contribution is -2.09. The molecule has 0 aliphatic rings. The second-order valence-electron chi connectivity index (χ2n) is 4.64. The first-order valence-electron chi connectivity index (χ1n) is 6.17. The number of aryl methyl sites for hydroxylation is 1. The molecule has 1 atom stereocenters. The molecule has 94 valence electrons. The maximum atomic E-state index is 6.13. The molecule has 0 spiro atoms. The molecule has 0 heterocycles. The fourth-order valence-electron chi connectivity index (χ4n) is 2.15. The number of halogens is 1. The highest BCUT2D eigenvalue weighted by Gasteiger charge is 2.09. The van der Waals surface area contributed by atoms with Gasteiger partial charge in [-0.1, -0.05) is 41.9 Å². The molecule has 1 N–H and O–H groups in total. The van der Waals surface area contributed by atoms with Crippen LogP contribution in [0.15, 0.2) is 42.5 Å². The first kappa shape index (κ1) is 13.0. The van der Waals surface area contributed by atoms with Crippen molar-refractivity contribution >= 4 is 17.3 Å². The van der Waals surface area contributed by atoms with Crippen molar-refractivity contribution in [3.05, 3.63) is 64.2 Å². The van der Waals surface area contributed by atoms with E-state index in [1.54, 1.807) is 0 Å². The van der Waals surface area contributed by atoms with Crippen molar-refractivity contribution in [2.75, 3.05) is 5.32 Å². The molecule has 0 bridgehead atoms. The van der Waals surface area contributed by atoms with E-state index in [0.29, 0.717) is 0 Å². The summed E-state index contributed by atoms with van der Waals surface area (Å²) in [5.74, 6) is 0. The van der Waals surface area contributed by atoms with Crippen LogP contribution < -0.4 is 5.32 Å². The third-order valence-electron chi connectivity index (χ3n) is 3.29. The van der Waals surface area contributed by atoms with Gasteiger partial charge in [0.25, 0.3) is 0 Å². The fraction of sp³-hybridized carbons (Fsp3) is 0.250. The Labute approximate surface area is 114 Å². The summed E-state index contributed by atoms with van der Waals surface area (Å²) in [4.78, 5) is 0. The predicted octanol–water partition coefficient (Wildman–Crippen LogP) is 5.13. The first-order chi connectivity index (χ1) is 8.59. The number of hydrogen-bond donors (Lipinski definition) is 1. The van der Waals surface area contributed by atoms with E-state index in [1.165, 1.54) is 11.1 Å². The molecule has 2 heteroatoms. The second-order valence-corrected chi connectivity index (χ2v) is 5.04. The van der Waals surface area contributed by atoms with Crippen molar-refractivity contribution in [3.63, 3.8) is 0 Å². The molecule has 1 nitrogen and oxygen atoms in total. The maximum Gasteiger partial charge on any atom is 0.0488 e. The monoisotopic (exact) mass is 259 g/mol.